The average Bonchev–Trinajstić information content (AvgIpc) is 3.17. The van der Waals surface area contributed by atoms with Gasteiger partial charge in [-0.3, -0.25) is 4.79 Å². The number of ether oxygens (including phenoxy) is 1. The van der Waals surface area contributed by atoms with Crippen LogP contribution in [0.5, 0.6) is 5.75 Å². The molecular weight excluding hydrogens is 386 g/mol. The first kappa shape index (κ1) is 20.9. The average molecular weight is 412 g/mol. The highest BCUT2D eigenvalue weighted by molar-refractivity contribution is 7.99. The van der Waals surface area contributed by atoms with E-state index in [0.29, 0.717) is 11.1 Å². The molecular formula is C22H25N3O3S. The van der Waals surface area contributed by atoms with Crippen molar-refractivity contribution in [3.8, 4) is 5.75 Å². The first-order chi connectivity index (χ1) is 14.0. The Hall–Kier alpha value is -2.80. The van der Waals surface area contributed by atoms with Gasteiger partial charge in [0.1, 0.15) is 5.75 Å². The van der Waals surface area contributed by atoms with Crippen molar-refractivity contribution in [3.05, 3.63) is 64.5 Å². The zero-order valence-electron chi connectivity index (χ0n) is 17.1. The van der Waals surface area contributed by atoms with Gasteiger partial charge in [0.15, 0.2) is 6.61 Å². The molecule has 0 spiro atoms. The van der Waals surface area contributed by atoms with Gasteiger partial charge in [0.2, 0.25) is 5.91 Å². The van der Waals surface area contributed by atoms with Crippen LogP contribution in [-0.4, -0.2) is 21.9 Å². The van der Waals surface area contributed by atoms with E-state index < -0.39 is 0 Å². The Morgan fingerprint density at radius 2 is 1.86 bits per heavy atom. The highest BCUT2D eigenvalue weighted by Gasteiger charge is 2.13. The van der Waals surface area contributed by atoms with E-state index in [-0.39, 0.29) is 18.3 Å². The van der Waals surface area contributed by atoms with Gasteiger partial charge in [-0.2, -0.15) is 0 Å². The van der Waals surface area contributed by atoms with E-state index in [4.69, 9.17) is 9.15 Å². The fraction of sp³-hybridized carbons (Fsp3) is 0.318. The van der Waals surface area contributed by atoms with Gasteiger partial charge in [0.25, 0.3) is 11.1 Å². The Labute approximate surface area is 175 Å². The van der Waals surface area contributed by atoms with E-state index >= 15 is 0 Å². The lowest BCUT2D eigenvalue weighted by Gasteiger charge is -2.12. The maximum atomic E-state index is 12.3. The zero-order chi connectivity index (χ0) is 20.8. The summed E-state index contributed by atoms with van der Waals surface area (Å²) in [4.78, 5) is 12.3. The molecule has 0 fully saturated rings. The van der Waals surface area contributed by atoms with Crippen molar-refractivity contribution in [1.82, 2.24) is 10.2 Å². The minimum absolute atomic E-state index is 0.106. The SMILES string of the molecule is CCc1cccc(C)c1NC(=O)CSc1nnc(COc2cccc(C)c2C)o1. The number of thioether (sulfide) groups is 1. The predicted molar refractivity (Wildman–Crippen MR) is 114 cm³/mol. The Morgan fingerprint density at radius 1 is 1.10 bits per heavy atom. The number of hydrogen-bond acceptors (Lipinski definition) is 6. The summed E-state index contributed by atoms with van der Waals surface area (Å²) in [6.45, 7) is 8.29. The van der Waals surface area contributed by atoms with Crippen molar-refractivity contribution in [1.29, 1.82) is 0 Å². The van der Waals surface area contributed by atoms with Gasteiger partial charge >= 0.3 is 0 Å². The summed E-state index contributed by atoms with van der Waals surface area (Å²) in [6.07, 6.45) is 0.859. The van der Waals surface area contributed by atoms with Gasteiger partial charge in [-0.1, -0.05) is 49.0 Å². The molecule has 0 aliphatic carbocycles. The maximum Gasteiger partial charge on any atom is 0.277 e. The summed E-state index contributed by atoms with van der Waals surface area (Å²) < 4.78 is 11.4. The summed E-state index contributed by atoms with van der Waals surface area (Å²) in [5.41, 5.74) is 5.29. The monoisotopic (exact) mass is 411 g/mol. The van der Waals surface area contributed by atoms with Crippen LogP contribution in [0.15, 0.2) is 46.0 Å². The number of anilines is 1. The van der Waals surface area contributed by atoms with Gasteiger partial charge < -0.3 is 14.5 Å². The Kier molecular flexibility index (Phi) is 6.93. The number of benzene rings is 2. The van der Waals surface area contributed by atoms with E-state index in [9.17, 15) is 4.79 Å². The molecule has 3 rings (SSSR count). The van der Waals surface area contributed by atoms with E-state index in [0.717, 1.165) is 40.1 Å². The highest BCUT2D eigenvalue weighted by atomic mass is 32.2. The minimum Gasteiger partial charge on any atom is -0.484 e. The van der Waals surface area contributed by atoms with Crippen LogP contribution in [0.25, 0.3) is 0 Å². The first-order valence-electron chi connectivity index (χ1n) is 9.50. The molecule has 0 saturated heterocycles. The molecule has 0 unspecified atom stereocenters. The first-order valence-corrected chi connectivity index (χ1v) is 10.5. The molecule has 152 valence electrons. The van der Waals surface area contributed by atoms with Gasteiger partial charge in [-0.05, 0) is 55.5 Å². The number of rotatable bonds is 8. The number of aryl methyl sites for hydroxylation is 3. The number of nitrogens with one attached hydrogen (secondary N) is 1. The van der Waals surface area contributed by atoms with Crippen LogP contribution < -0.4 is 10.1 Å². The lowest BCUT2D eigenvalue weighted by molar-refractivity contribution is -0.113. The van der Waals surface area contributed by atoms with Crippen LogP contribution >= 0.6 is 11.8 Å². The second-order valence-corrected chi connectivity index (χ2v) is 7.67. The van der Waals surface area contributed by atoms with Crippen LogP contribution in [0.3, 0.4) is 0 Å². The van der Waals surface area contributed by atoms with Gasteiger partial charge in [0, 0.05) is 5.69 Å². The lowest BCUT2D eigenvalue weighted by Crippen LogP contribution is -2.16. The van der Waals surface area contributed by atoms with Gasteiger partial charge in [-0.25, -0.2) is 0 Å². The minimum atomic E-state index is -0.106. The van der Waals surface area contributed by atoms with E-state index in [2.05, 4.69) is 22.4 Å². The molecule has 1 heterocycles. The maximum absolute atomic E-state index is 12.3. The van der Waals surface area contributed by atoms with Gasteiger partial charge in [0.05, 0.1) is 5.75 Å². The zero-order valence-corrected chi connectivity index (χ0v) is 17.9. The van der Waals surface area contributed by atoms with Crippen molar-refractivity contribution in [2.45, 2.75) is 45.9 Å². The molecule has 0 bridgehead atoms. The Bertz CT molecular complexity index is 1000. The number of nitrogens with zero attached hydrogens (tertiary/aromatic N) is 2. The van der Waals surface area contributed by atoms with E-state index in [1.165, 1.54) is 11.8 Å². The molecule has 29 heavy (non-hydrogen) atoms. The molecule has 1 amide bonds. The van der Waals surface area contributed by atoms with Crippen LogP contribution in [0.1, 0.15) is 35.1 Å². The summed E-state index contributed by atoms with van der Waals surface area (Å²) in [6, 6.07) is 11.9. The Morgan fingerprint density at radius 3 is 2.66 bits per heavy atom. The van der Waals surface area contributed by atoms with E-state index in [1.54, 1.807) is 0 Å². The van der Waals surface area contributed by atoms with Crippen molar-refractivity contribution in [2.24, 2.45) is 0 Å². The van der Waals surface area contributed by atoms with Crippen molar-refractivity contribution in [3.63, 3.8) is 0 Å². The fourth-order valence-corrected chi connectivity index (χ4v) is 3.46. The number of amides is 1. The lowest BCUT2D eigenvalue weighted by atomic mass is 10.1. The smallest absolute Gasteiger partial charge is 0.277 e. The summed E-state index contributed by atoms with van der Waals surface area (Å²) in [7, 11) is 0. The molecule has 0 aliphatic heterocycles. The largest absolute Gasteiger partial charge is 0.484 e. The third-order valence-electron chi connectivity index (χ3n) is 4.69. The highest BCUT2D eigenvalue weighted by Crippen LogP contribution is 2.24. The summed E-state index contributed by atoms with van der Waals surface area (Å²) >= 11 is 1.21. The molecule has 7 heteroatoms. The molecule has 0 atom stereocenters. The summed E-state index contributed by atoms with van der Waals surface area (Å²) in [5, 5.41) is 11.3. The summed E-state index contributed by atoms with van der Waals surface area (Å²) in [5.74, 6) is 1.25. The van der Waals surface area contributed by atoms with Crippen LogP contribution in [-0.2, 0) is 17.8 Å². The molecule has 1 N–H and O–H groups in total. The molecule has 6 nitrogen and oxygen atoms in total. The second kappa shape index (κ2) is 9.60. The number of carbonyl (C=O) groups is 1. The number of aromatic nitrogens is 2. The number of para-hydroxylation sites is 1. The van der Waals surface area contributed by atoms with Crippen LogP contribution in [0.4, 0.5) is 5.69 Å². The Balaban J connectivity index is 1.53. The second-order valence-electron chi connectivity index (χ2n) is 6.75. The predicted octanol–water partition coefficient (Wildman–Crippen LogP) is 4.87. The quantitative estimate of drug-likeness (QED) is 0.533. The van der Waals surface area contributed by atoms with Gasteiger partial charge in [-0.15, -0.1) is 10.2 Å². The molecule has 3 aromatic rings. The fourth-order valence-electron chi connectivity index (χ4n) is 2.88. The third kappa shape index (κ3) is 5.38. The van der Waals surface area contributed by atoms with Crippen LogP contribution in [0, 0.1) is 20.8 Å². The number of carbonyl (C=O) groups excluding carboxylic acids is 1. The van der Waals surface area contributed by atoms with Crippen molar-refractivity contribution in [2.75, 3.05) is 11.1 Å². The molecule has 0 saturated carbocycles. The molecule has 0 radical (unpaired) electrons. The molecule has 0 aliphatic rings. The van der Waals surface area contributed by atoms with E-state index in [1.807, 2.05) is 57.2 Å². The normalized spacial score (nSPS) is 10.8. The van der Waals surface area contributed by atoms with Crippen molar-refractivity contribution >= 4 is 23.4 Å². The van der Waals surface area contributed by atoms with Crippen molar-refractivity contribution < 1.29 is 13.9 Å². The third-order valence-corrected chi connectivity index (χ3v) is 5.50. The number of hydrogen-bond donors (Lipinski definition) is 1. The topological polar surface area (TPSA) is 77.2 Å². The molecule has 1 aromatic heterocycles. The molecule has 2 aromatic carbocycles. The van der Waals surface area contributed by atoms with Crippen LogP contribution in [0.2, 0.25) is 0 Å². The standard InChI is InChI=1S/C22H25N3O3S/c1-5-17-10-6-9-15(3)21(17)23-19(26)13-29-22-25-24-20(28-22)12-27-18-11-7-8-14(2)16(18)4/h6-11H,5,12-13H2,1-4H3,(H,23,26).